The van der Waals surface area contributed by atoms with Gasteiger partial charge in [-0.3, -0.25) is 8.42 Å². The van der Waals surface area contributed by atoms with Crippen LogP contribution in [-0.4, -0.2) is 40.4 Å². The van der Waals surface area contributed by atoms with Gasteiger partial charge in [0, 0.05) is 10.4 Å². The molecule has 0 aliphatic heterocycles. The first-order valence-corrected chi connectivity index (χ1v) is 2.00. The van der Waals surface area contributed by atoms with Gasteiger partial charge in [-0.05, 0) is 0 Å². The second-order valence-electron chi connectivity index (χ2n) is 0.408. The smallest absolute Gasteiger partial charge is 0.759 e. The fraction of sp³-hybridized carbons (Fsp3) is 0. The summed E-state index contributed by atoms with van der Waals surface area (Å²) in [5.74, 6) is 0. The standard InChI is InChI=1S/Al.H2O4S.H2O/c;1-5(2,3)4;/h;(H2,1,2,3,4);1H2/q+3;;/p-2. The second kappa shape index (κ2) is 4.52. The number of hydrogen-bond acceptors (Lipinski definition) is 4. The van der Waals surface area contributed by atoms with Crippen LogP contribution in [0.2, 0.25) is 0 Å². The van der Waals surface area contributed by atoms with Crippen molar-refractivity contribution in [1.29, 1.82) is 0 Å². The number of hydrogen-bond donors (Lipinski definition) is 0. The summed E-state index contributed by atoms with van der Waals surface area (Å²) in [4.78, 5) is 0. The molecule has 0 amide bonds. The van der Waals surface area contributed by atoms with Gasteiger partial charge in [0.2, 0.25) is 0 Å². The van der Waals surface area contributed by atoms with Crippen molar-refractivity contribution < 1.29 is 23.0 Å². The SMILES string of the molecule is O.O=S(=O)([O-])[O-].[Al+3]. The Bertz CT molecular complexity index is 91.2. The third kappa shape index (κ3) is 922. The van der Waals surface area contributed by atoms with Crippen LogP contribution in [0.4, 0.5) is 0 Å². The molecule has 0 atom stereocenters. The van der Waals surface area contributed by atoms with Crippen molar-refractivity contribution in [1.82, 2.24) is 0 Å². The Hall–Kier alpha value is 0.362. The summed E-state index contributed by atoms with van der Waals surface area (Å²) in [7, 11) is -5.17. The van der Waals surface area contributed by atoms with Gasteiger partial charge in [-0.15, -0.1) is 0 Å². The minimum absolute atomic E-state index is 0. The normalized spacial score (nSPS) is 8.29. The zero-order valence-corrected chi connectivity index (χ0v) is 5.09. The van der Waals surface area contributed by atoms with Crippen LogP contribution in [0.25, 0.3) is 0 Å². The van der Waals surface area contributed by atoms with Gasteiger partial charge < -0.3 is 14.6 Å². The summed E-state index contributed by atoms with van der Waals surface area (Å²) in [5, 5.41) is 0. The zero-order valence-electron chi connectivity index (χ0n) is 3.12. The first-order valence-electron chi connectivity index (χ1n) is 0.667. The van der Waals surface area contributed by atoms with Gasteiger partial charge in [0.1, 0.15) is 0 Å². The van der Waals surface area contributed by atoms with Gasteiger partial charge in [-0.25, -0.2) is 0 Å². The maximum Gasteiger partial charge on any atom is 3.00 e. The summed E-state index contributed by atoms with van der Waals surface area (Å²) in [6, 6.07) is 0. The largest absolute Gasteiger partial charge is 3.00 e. The molecule has 0 radical (unpaired) electrons. The minimum atomic E-state index is -5.17. The van der Waals surface area contributed by atoms with Gasteiger partial charge in [0.15, 0.2) is 0 Å². The molecule has 0 fully saturated rings. The molecule has 40 valence electrons. The van der Waals surface area contributed by atoms with Gasteiger partial charge in [0.05, 0.1) is 0 Å². The zero-order chi connectivity index (χ0) is 4.50. The molecule has 0 saturated heterocycles. The summed E-state index contributed by atoms with van der Waals surface area (Å²) in [5.41, 5.74) is 0. The maximum atomic E-state index is 8.52. The van der Waals surface area contributed by atoms with Crippen molar-refractivity contribution in [2.75, 3.05) is 0 Å². The van der Waals surface area contributed by atoms with Crippen molar-refractivity contribution >= 4 is 27.8 Å². The number of rotatable bonds is 0. The quantitative estimate of drug-likeness (QED) is 0.210. The van der Waals surface area contributed by atoms with E-state index in [1.807, 2.05) is 0 Å². The van der Waals surface area contributed by atoms with Crippen LogP contribution in [0.5, 0.6) is 0 Å². The van der Waals surface area contributed by atoms with Gasteiger partial charge in [-0.2, -0.15) is 0 Å². The fourth-order valence-electron chi connectivity index (χ4n) is 0. The van der Waals surface area contributed by atoms with Gasteiger partial charge in [-0.1, -0.05) is 0 Å². The van der Waals surface area contributed by atoms with Crippen LogP contribution in [-0.2, 0) is 10.4 Å². The van der Waals surface area contributed by atoms with E-state index < -0.39 is 10.4 Å². The predicted octanol–water partition coefficient (Wildman–Crippen LogP) is -2.54. The van der Waals surface area contributed by atoms with Crippen molar-refractivity contribution in [2.45, 2.75) is 0 Å². The van der Waals surface area contributed by atoms with Crippen molar-refractivity contribution in [3.63, 3.8) is 0 Å². The molecular weight excluding hydrogens is 139 g/mol. The molecule has 5 nitrogen and oxygen atoms in total. The summed E-state index contributed by atoms with van der Waals surface area (Å²) in [6.45, 7) is 0. The molecule has 7 heavy (non-hydrogen) atoms. The first-order chi connectivity index (χ1) is 2.00. The molecule has 0 aliphatic carbocycles. The van der Waals surface area contributed by atoms with E-state index in [4.69, 9.17) is 17.5 Å². The Morgan fingerprint density at radius 3 is 1.14 bits per heavy atom. The predicted molar refractivity (Wildman–Crippen MR) is 19.8 cm³/mol. The van der Waals surface area contributed by atoms with Gasteiger partial charge >= 0.3 is 17.4 Å². The topological polar surface area (TPSA) is 112 Å². The van der Waals surface area contributed by atoms with E-state index in [0.29, 0.717) is 0 Å². The van der Waals surface area contributed by atoms with Gasteiger partial charge in [0.25, 0.3) is 0 Å². The van der Waals surface area contributed by atoms with E-state index in [-0.39, 0.29) is 22.8 Å². The summed E-state index contributed by atoms with van der Waals surface area (Å²) >= 11 is 0. The second-order valence-corrected chi connectivity index (χ2v) is 1.22. The molecule has 0 aromatic heterocycles. The third-order valence-corrected chi connectivity index (χ3v) is 0. The summed E-state index contributed by atoms with van der Waals surface area (Å²) in [6.07, 6.45) is 0. The average Bonchev–Trinajstić information content (AvgIpc) is 0.722. The Morgan fingerprint density at radius 2 is 1.14 bits per heavy atom. The molecule has 0 aromatic rings. The molecular formula is H2AlO5S+. The van der Waals surface area contributed by atoms with Crippen molar-refractivity contribution in [3.8, 4) is 0 Å². The average molecular weight is 141 g/mol. The fourth-order valence-corrected chi connectivity index (χ4v) is 0. The third-order valence-electron chi connectivity index (χ3n) is 0. The van der Waals surface area contributed by atoms with Crippen molar-refractivity contribution in [2.24, 2.45) is 0 Å². The van der Waals surface area contributed by atoms with Crippen LogP contribution < -0.4 is 0 Å². The molecule has 0 rings (SSSR count). The van der Waals surface area contributed by atoms with Crippen molar-refractivity contribution in [3.05, 3.63) is 0 Å². The Morgan fingerprint density at radius 1 is 1.14 bits per heavy atom. The Balaban J connectivity index is -0.0000000800. The Kier molecular flexibility index (Phi) is 10.1. The molecule has 2 N–H and O–H groups in total. The Labute approximate surface area is 51.4 Å². The van der Waals surface area contributed by atoms with Crippen LogP contribution in [0.3, 0.4) is 0 Å². The molecule has 0 spiro atoms. The van der Waals surface area contributed by atoms with Crippen LogP contribution in [0.15, 0.2) is 0 Å². The van der Waals surface area contributed by atoms with E-state index in [2.05, 4.69) is 0 Å². The summed E-state index contributed by atoms with van der Waals surface area (Å²) < 4.78 is 34.1. The maximum absolute atomic E-state index is 8.52. The van der Waals surface area contributed by atoms with Crippen LogP contribution in [0.1, 0.15) is 0 Å². The van der Waals surface area contributed by atoms with E-state index in [9.17, 15) is 0 Å². The van der Waals surface area contributed by atoms with Crippen LogP contribution >= 0.6 is 0 Å². The molecule has 0 aliphatic rings. The van der Waals surface area contributed by atoms with E-state index in [0.717, 1.165) is 0 Å². The monoisotopic (exact) mass is 141 g/mol. The molecule has 0 aromatic carbocycles. The van der Waals surface area contributed by atoms with E-state index >= 15 is 0 Å². The molecule has 7 heteroatoms. The molecule has 0 saturated carbocycles. The van der Waals surface area contributed by atoms with E-state index in [1.165, 1.54) is 0 Å². The minimum Gasteiger partial charge on any atom is -0.759 e. The molecule has 0 unspecified atom stereocenters. The van der Waals surface area contributed by atoms with Crippen LogP contribution in [0, 0.1) is 0 Å². The molecule has 0 bridgehead atoms. The van der Waals surface area contributed by atoms with E-state index in [1.54, 1.807) is 0 Å². The molecule has 0 heterocycles. The first kappa shape index (κ1) is 15.7.